The van der Waals surface area contributed by atoms with Crippen LogP contribution in [0.2, 0.25) is 0 Å². The molecule has 4 atom stereocenters. The second-order valence-electron chi connectivity index (χ2n) is 14.1. The van der Waals surface area contributed by atoms with Crippen LogP contribution in [0.5, 0.6) is 11.5 Å². The second-order valence-corrected chi connectivity index (χ2v) is 15.3. The summed E-state index contributed by atoms with van der Waals surface area (Å²) in [5, 5.41) is 17.4. The molecule has 4 unspecified atom stereocenters. The van der Waals surface area contributed by atoms with Gasteiger partial charge in [-0.05, 0) is 54.7 Å². The molecule has 290 valence electrons. The van der Waals surface area contributed by atoms with E-state index in [2.05, 4.69) is 42.0 Å². The number of nitrogens with zero attached hydrogens (tertiary/aromatic N) is 2. The van der Waals surface area contributed by atoms with Crippen molar-refractivity contribution >= 4 is 35.2 Å². The van der Waals surface area contributed by atoms with E-state index in [1.807, 2.05) is 28.6 Å². The van der Waals surface area contributed by atoms with Gasteiger partial charge in [-0.2, -0.15) is 16.9 Å². The van der Waals surface area contributed by atoms with Crippen LogP contribution in [0.3, 0.4) is 0 Å². The molecule has 3 aliphatic rings. The molecule has 3 amide bonds. The van der Waals surface area contributed by atoms with Crippen molar-refractivity contribution < 1.29 is 28.2 Å². The molecule has 3 heterocycles. The fourth-order valence-electron chi connectivity index (χ4n) is 7.05. The van der Waals surface area contributed by atoms with Crippen LogP contribution in [0, 0.1) is 11.7 Å². The minimum atomic E-state index is -0.325. The molecule has 0 radical (unpaired) electrons. The monoisotopic (exact) mass is 752 g/mol. The molecule has 4 N–H and O–H groups in total. The van der Waals surface area contributed by atoms with E-state index in [1.54, 1.807) is 26.4 Å². The highest BCUT2D eigenvalue weighted by atomic mass is 32.2. The molecule has 2 saturated heterocycles. The van der Waals surface area contributed by atoms with E-state index in [1.165, 1.54) is 37.8 Å². The van der Waals surface area contributed by atoms with Crippen molar-refractivity contribution in [3.05, 3.63) is 53.3 Å². The number of hydrogen-bond donors (Lipinski definition) is 4. The first-order valence-electron chi connectivity index (χ1n) is 19.1. The third kappa shape index (κ3) is 10.8. The van der Waals surface area contributed by atoms with Crippen molar-refractivity contribution in [2.24, 2.45) is 5.92 Å². The highest BCUT2D eigenvalue weighted by Crippen LogP contribution is 2.45. The largest absolute Gasteiger partial charge is 0.493 e. The number of fused-ring (bicyclic) bond motifs is 4. The van der Waals surface area contributed by atoms with Crippen LogP contribution in [0.1, 0.15) is 83.3 Å². The van der Waals surface area contributed by atoms with E-state index in [9.17, 15) is 14.0 Å². The van der Waals surface area contributed by atoms with Crippen LogP contribution >= 0.6 is 11.8 Å². The van der Waals surface area contributed by atoms with Crippen LogP contribution in [-0.4, -0.2) is 78.8 Å². The number of aromatic nitrogens is 2. The number of thioether (sulfide) groups is 1. The smallest absolute Gasteiger partial charge is 0.315 e. The number of methoxy groups -OCH3 is 2. The lowest BCUT2D eigenvalue weighted by Gasteiger charge is -2.16. The summed E-state index contributed by atoms with van der Waals surface area (Å²) in [6, 6.07) is 10.6. The molecule has 2 aromatic carbocycles. The van der Waals surface area contributed by atoms with Gasteiger partial charge in [0.05, 0.1) is 51.8 Å². The van der Waals surface area contributed by atoms with Crippen molar-refractivity contribution in [2.75, 3.05) is 45.0 Å². The molecule has 0 spiro atoms. The summed E-state index contributed by atoms with van der Waals surface area (Å²) in [6.45, 7) is 8.56. The van der Waals surface area contributed by atoms with Gasteiger partial charge in [-0.1, -0.05) is 58.9 Å². The predicted octanol–water partition coefficient (Wildman–Crippen LogP) is 7.44. The van der Waals surface area contributed by atoms with E-state index in [0.29, 0.717) is 67.4 Å². The number of carbonyl (C=O) groups excluding carboxylic acids is 2. The highest BCUT2D eigenvalue weighted by Gasteiger charge is 2.42. The average Bonchev–Trinajstić information content (AvgIpc) is 3.91. The highest BCUT2D eigenvalue weighted by molar-refractivity contribution is 8.00. The first kappa shape index (κ1) is 40.2. The molecule has 2 fully saturated rings. The Morgan fingerprint density at radius 2 is 1.91 bits per heavy atom. The molecule has 1 aromatic heterocycles. The van der Waals surface area contributed by atoms with E-state index < -0.39 is 0 Å². The van der Waals surface area contributed by atoms with Gasteiger partial charge in [0.2, 0.25) is 5.91 Å². The van der Waals surface area contributed by atoms with Crippen molar-refractivity contribution in [3.63, 3.8) is 0 Å². The number of halogens is 1. The molecule has 13 heteroatoms. The second kappa shape index (κ2) is 19.9. The Morgan fingerprint density at radius 3 is 2.66 bits per heavy atom. The number of unbranched alkanes of at least 4 members (excludes halogenated alkanes) is 2. The number of ether oxygens (including phenoxy) is 3. The van der Waals surface area contributed by atoms with E-state index in [4.69, 9.17) is 19.3 Å². The van der Waals surface area contributed by atoms with Gasteiger partial charge in [-0.3, -0.25) is 9.48 Å². The number of anilines is 2. The van der Waals surface area contributed by atoms with E-state index in [-0.39, 0.29) is 29.8 Å². The molecule has 3 aromatic rings. The Hall–Kier alpha value is -3.97. The Kier molecular flexibility index (Phi) is 15.1. The third-order valence-electron chi connectivity index (χ3n) is 10.2. The lowest BCUT2D eigenvalue weighted by Crippen LogP contribution is -2.36. The topological polar surface area (TPSA) is 128 Å². The van der Waals surface area contributed by atoms with Gasteiger partial charge >= 0.3 is 6.03 Å². The molecule has 1 aliphatic carbocycles. The molecule has 6 rings (SSSR count). The fraction of sp³-hybridized carbons (Fsp3) is 0.575. The zero-order valence-electron chi connectivity index (χ0n) is 31.9. The van der Waals surface area contributed by atoms with Gasteiger partial charge in [-0.25, -0.2) is 9.18 Å². The summed E-state index contributed by atoms with van der Waals surface area (Å²) in [5.41, 5.74) is 4.68. The summed E-state index contributed by atoms with van der Waals surface area (Å²) < 4.78 is 32.7. The minimum Gasteiger partial charge on any atom is -0.493 e. The van der Waals surface area contributed by atoms with Crippen molar-refractivity contribution in [1.82, 2.24) is 25.7 Å². The molecule has 53 heavy (non-hydrogen) atoms. The van der Waals surface area contributed by atoms with Crippen molar-refractivity contribution in [2.45, 2.75) is 102 Å². The normalized spacial score (nSPS) is 18.5. The minimum absolute atomic E-state index is 0.0188. The fourth-order valence-corrected chi connectivity index (χ4v) is 8.59. The molecular weight excluding hydrogens is 696 g/mol. The lowest BCUT2D eigenvalue weighted by atomic mass is 10.0. The van der Waals surface area contributed by atoms with Crippen LogP contribution in [0.15, 0.2) is 36.4 Å². The maximum atomic E-state index is 13.9. The van der Waals surface area contributed by atoms with Crippen LogP contribution in [-0.2, 0) is 22.5 Å². The number of hydrogen-bond acceptors (Lipinski definition) is 8. The maximum Gasteiger partial charge on any atom is 0.315 e. The van der Waals surface area contributed by atoms with Crippen LogP contribution in [0.25, 0.3) is 11.3 Å². The Balaban J connectivity index is 0.000000609. The number of amides is 3. The van der Waals surface area contributed by atoms with Gasteiger partial charge in [0.1, 0.15) is 5.82 Å². The summed E-state index contributed by atoms with van der Waals surface area (Å²) in [4.78, 5) is 23.9. The zero-order chi connectivity index (χ0) is 37.7. The number of benzene rings is 2. The van der Waals surface area contributed by atoms with Gasteiger partial charge in [-0.15, -0.1) is 0 Å². The zero-order valence-corrected chi connectivity index (χ0v) is 32.7. The summed E-state index contributed by atoms with van der Waals surface area (Å²) in [5.74, 6) is 3.55. The van der Waals surface area contributed by atoms with Crippen LogP contribution in [0.4, 0.5) is 20.7 Å². The quantitative estimate of drug-likeness (QED) is 0.0576. The third-order valence-corrected chi connectivity index (χ3v) is 11.7. The predicted molar refractivity (Wildman–Crippen MR) is 210 cm³/mol. The maximum absolute atomic E-state index is 13.9. The van der Waals surface area contributed by atoms with Crippen molar-refractivity contribution in [1.29, 1.82) is 0 Å². The lowest BCUT2D eigenvalue weighted by molar-refractivity contribution is -0.121. The van der Waals surface area contributed by atoms with Gasteiger partial charge in [0.15, 0.2) is 17.3 Å². The average molecular weight is 753 g/mol. The van der Waals surface area contributed by atoms with Gasteiger partial charge in [0.25, 0.3) is 0 Å². The summed E-state index contributed by atoms with van der Waals surface area (Å²) in [6.07, 6.45) is 9.41. The van der Waals surface area contributed by atoms with Crippen LogP contribution < -0.4 is 30.7 Å². The number of nitrogens with one attached hydrogen (secondary N) is 4. The molecule has 2 aliphatic heterocycles. The number of carbonyl (C=O) groups is 2. The first-order valence-corrected chi connectivity index (χ1v) is 20.2. The molecule has 0 saturated carbocycles. The number of rotatable bonds is 19. The molecule has 0 bridgehead atoms. The SMILES string of the molecule is CCCCC(C)CC.COc1cc2c(cc1OC)-c1c(c(Nc3cccc(F)c3)nn1CCOCCNC(=O)CCCCC1SCC3NC(=O)NC31)C2. The molecule has 11 nitrogen and oxygen atoms in total. The van der Waals surface area contributed by atoms with Crippen molar-refractivity contribution in [3.8, 4) is 22.8 Å². The standard InChI is InChI=1S/C32H39FN6O5S.C8H18/c1-42-25-15-19-14-23-30(22(19)17-26(25)43-2)39(38-31(23)35-21-7-5-6-20(33)16-21)11-13-44-12-10-34-28(40)9-4-3-8-27-29-24(18-45-27)36-32(41)37-29;1-4-6-7-8(3)5-2/h5-7,15-17,24,27,29H,3-4,8-14,18H2,1-2H3,(H,34,40)(H,35,38)(H2,36,37,41);8H,4-7H2,1-3H3. The summed E-state index contributed by atoms with van der Waals surface area (Å²) >= 11 is 1.89. The summed E-state index contributed by atoms with van der Waals surface area (Å²) in [7, 11) is 3.23. The number of urea groups is 1. The Labute approximate surface area is 317 Å². The first-order chi connectivity index (χ1) is 25.7. The van der Waals surface area contributed by atoms with Gasteiger partial charge in [0, 0.05) is 47.2 Å². The van der Waals surface area contributed by atoms with E-state index >= 15 is 0 Å². The Morgan fingerprint density at radius 1 is 1.09 bits per heavy atom. The van der Waals surface area contributed by atoms with Gasteiger partial charge < -0.3 is 35.5 Å². The van der Waals surface area contributed by atoms with E-state index in [0.717, 1.165) is 53.3 Å². The Bertz CT molecular complexity index is 1670. The molecular formula is C40H57FN6O5S.